The Hall–Kier alpha value is -2.90. The molecular weight excluding hydrogens is 327 g/mol. The monoisotopic (exact) mass is 346 g/mol. The average Bonchev–Trinajstić information content (AvgIpc) is 2.96. The van der Waals surface area contributed by atoms with Crippen molar-refractivity contribution in [2.75, 3.05) is 18.4 Å². The fourth-order valence-electron chi connectivity index (χ4n) is 2.92. The number of hydrogen-bond acceptors (Lipinski definition) is 3. The van der Waals surface area contributed by atoms with Crippen LogP contribution in [0.25, 0.3) is 5.69 Å². The molecule has 1 aromatic heterocycles. The Labute approximate surface area is 144 Å². The number of halogens is 1. The van der Waals surface area contributed by atoms with Crippen LogP contribution in [0.15, 0.2) is 30.5 Å². The van der Waals surface area contributed by atoms with E-state index in [1.807, 2.05) is 0 Å². The van der Waals surface area contributed by atoms with Crippen molar-refractivity contribution in [3.63, 3.8) is 0 Å². The van der Waals surface area contributed by atoms with E-state index in [-0.39, 0.29) is 6.03 Å². The summed E-state index contributed by atoms with van der Waals surface area (Å²) < 4.78 is 15.3. The molecule has 3 rings (SSSR count). The lowest BCUT2D eigenvalue weighted by atomic mass is 9.97. The molecule has 1 aliphatic rings. The molecule has 1 aromatic carbocycles. The smallest absolute Gasteiger partial charge is 0.321 e. The molecule has 1 aliphatic heterocycles. The number of anilines is 1. The number of carbonyl (C=O) groups excluding carboxylic acids is 1. The van der Waals surface area contributed by atoms with E-state index in [9.17, 15) is 14.0 Å². The predicted molar refractivity (Wildman–Crippen MR) is 89.2 cm³/mol. The van der Waals surface area contributed by atoms with Gasteiger partial charge in [0.15, 0.2) is 0 Å². The molecule has 1 saturated heterocycles. The number of carboxylic acids is 1. The third-order valence-corrected chi connectivity index (χ3v) is 4.46. The zero-order chi connectivity index (χ0) is 18.0. The van der Waals surface area contributed by atoms with Crippen molar-refractivity contribution in [3.8, 4) is 5.69 Å². The van der Waals surface area contributed by atoms with Crippen molar-refractivity contribution in [3.05, 3.63) is 42.0 Å². The molecule has 0 saturated carbocycles. The van der Waals surface area contributed by atoms with Crippen molar-refractivity contribution in [2.45, 2.75) is 19.8 Å². The van der Waals surface area contributed by atoms with Gasteiger partial charge in [-0.15, -0.1) is 0 Å². The van der Waals surface area contributed by atoms with Crippen LogP contribution in [-0.4, -0.2) is 44.9 Å². The second-order valence-corrected chi connectivity index (χ2v) is 6.04. The summed E-state index contributed by atoms with van der Waals surface area (Å²) in [6.45, 7) is 2.53. The first-order chi connectivity index (χ1) is 12.0. The van der Waals surface area contributed by atoms with Gasteiger partial charge < -0.3 is 15.3 Å². The fraction of sp³-hybridized carbons (Fsp3) is 0.353. The molecule has 0 unspecified atom stereocenters. The van der Waals surface area contributed by atoms with Crippen molar-refractivity contribution in [1.82, 2.24) is 14.7 Å². The van der Waals surface area contributed by atoms with Crippen LogP contribution in [0.5, 0.6) is 0 Å². The highest BCUT2D eigenvalue weighted by Gasteiger charge is 2.27. The summed E-state index contributed by atoms with van der Waals surface area (Å²) in [5.74, 6) is -1.61. The fourth-order valence-corrected chi connectivity index (χ4v) is 2.92. The number of amides is 2. The summed E-state index contributed by atoms with van der Waals surface area (Å²) in [5, 5.41) is 15.9. The minimum absolute atomic E-state index is 0.306. The van der Waals surface area contributed by atoms with E-state index in [0.717, 1.165) is 0 Å². The molecule has 132 valence electrons. The van der Waals surface area contributed by atoms with Crippen LogP contribution in [0.1, 0.15) is 18.5 Å². The Morgan fingerprint density at radius 2 is 1.96 bits per heavy atom. The van der Waals surface area contributed by atoms with Gasteiger partial charge in [-0.3, -0.25) is 4.79 Å². The highest BCUT2D eigenvalue weighted by Crippen LogP contribution is 2.22. The van der Waals surface area contributed by atoms with Crippen molar-refractivity contribution < 1.29 is 19.1 Å². The zero-order valence-corrected chi connectivity index (χ0v) is 13.8. The Morgan fingerprint density at radius 3 is 2.60 bits per heavy atom. The van der Waals surface area contributed by atoms with Crippen molar-refractivity contribution in [1.29, 1.82) is 0 Å². The van der Waals surface area contributed by atoms with Gasteiger partial charge in [-0.1, -0.05) is 12.1 Å². The number of aliphatic carboxylic acids is 1. The van der Waals surface area contributed by atoms with Crippen LogP contribution in [0.4, 0.5) is 14.9 Å². The molecular formula is C17H19FN4O3. The number of benzene rings is 1. The van der Waals surface area contributed by atoms with Crippen LogP contribution in [-0.2, 0) is 4.79 Å². The third kappa shape index (κ3) is 3.47. The summed E-state index contributed by atoms with van der Waals surface area (Å²) in [5.41, 5.74) is 1.41. The van der Waals surface area contributed by atoms with E-state index in [1.165, 1.54) is 16.9 Å². The number of urea groups is 1. The molecule has 2 N–H and O–H groups in total. The standard InChI is InChI=1S/C17H19FN4O3/c1-11-14(10-19-22(11)15-5-3-2-4-13(15)18)20-17(25)21-8-6-12(7-9-21)16(23)24/h2-5,10,12H,6-9H2,1H3,(H,20,25)(H,23,24). The summed E-state index contributed by atoms with van der Waals surface area (Å²) in [7, 11) is 0. The lowest BCUT2D eigenvalue weighted by Crippen LogP contribution is -2.42. The Balaban J connectivity index is 1.69. The predicted octanol–water partition coefficient (Wildman–Crippen LogP) is 2.65. The lowest BCUT2D eigenvalue weighted by Gasteiger charge is -2.30. The number of hydrogen-bond donors (Lipinski definition) is 2. The minimum Gasteiger partial charge on any atom is -0.481 e. The van der Waals surface area contributed by atoms with Crippen molar-refractivity contribution >= 4 is 17.7 Å². The summed E-state index contributed by atoms with van der Waals surface area (Å²) in [6, 6.07) is 5.96. The SMILES string of the molecule is Cc1c(NC(=O)N2CCC(C(=O)O)CC2)cnn1-c1ccccc1F. The van der Waals surface area contributed by atoms with Gasteiger partial charge in [0.25, 0.3) is 0 Å². The molecule has 1 fully saturated rings. The summed E-state index contributed by atoms with van der Waals surface area (Å²) in [4.78, 5) is 24.9. The van der Waals surface area contributed by atoms with E-state index in [0.29, 0.717) is 43.0 Å². The molecule has 2 aromatic rings. The first-order valence-electron chi connectivity index (χ1n) is 8.05. The Bertz CT molecular complexity index is 797. The Morgan fingerprint density at radius 1 is 1.28 bits per heavy atom. The quantitative estimate of drug-likeness (QED) is 0.894. The maximum absolute atomic E-state index is 13.9. The maximum atomic E-state index is 13.9. The number of para-hydroxylation sites is 1. The molecule has 0 radical (unpaired) electrons. The molecule has 0 spiro atoms. The van der Waals surface area contributed by atoms with E-state index >= 15 is 0 Å². The van der Waals surface area contributed by atoms with Gasteiger partial charge in [0.1, 0.15) is 11.5 Å². The number of aromatic nitrogens is 2. The molecule has 2 heterocycles. The largest absolute Gasteiger partial charge is 0.481 e. The minimum atomic E-state index is -0.818. The topological polar surface area (TPSA) is 87.5 Å². The van der Waals surface area contributed by atoms with E-state index < -0.39 is 17.7 Å². The number of nitrogens with zero attached hydrogens (tertiary/aromatic N) is 3. The van der Waals surface area contributed by atoms with E-state index in [4.69, 9.17) is 5.11 Å². The lowest BCUT2D eigenvalue weighted by molar-refractivity contribution is -0.143. The van der Waals surface area contributed by atoms with Gasteiger partial charge >= 0.3 is 12.0 Å². The van der Waals surface area contributed by atoms with Gasteiger partial charge in [-0.25, -0.2) is 13.9 Å². The molecule has 2 amide bonds. The number of nitrogens with one attached hydrogen (secondary N) is 1. The molecule has 8 heteroatoms. The number of carboxylic acid groups (broad SMARTS) is 1. The van der Waals surface area contributed by atoms with Gasteiger partial charge in [0.2, 0.25) is 0 Å². The third-order valence-electron chi connectivity index (χ3n) is 4.46. The van der Waals surface area contributed by atoms with E-state index in [1.54, 1.807) is 30.0 Å². The number of carbonyl (C=O) groups is 2. The first kappa shape index (κ1) is 16.9. The first-order valence-corrected chi connectivity index (χ1v) is 8.05. The summed E-state index contributed by atoms with van der Waals surface area (Å²) in [6.07, 6.45) is 2.36. The van der Waals surface area contributed by atoms with Crippen molar-refractivity contribution in [2.24, 2.45) is 5.92 Å². The maximum Gasteiger partial charge on any atom is 0.321 e. The second kappa shape index (κ2) is 6.92. The summed E-state index contributed by atoms with van der Waals surface area (Å²) >= 11 is 0. The van der Waals surface area contributed by atoms with Gasteiger partial charge in [0, 0.05) is 13.1 Å². The molecule has 0 bridgehead atoms. The number of likely N-dealkylation sites (tertiary alicyclic amines) is 1. The molecule has 0 aliphatic carbocycles. The highest BCUT2D eigenvalue weighted by molar-refractivity contribution is 5.90. The molecule has 0 atom stereocenters. The van der Waals surface area contributed by atoms with Gasteiger partial charge in [0.05, 0.1) is 23.5 Å². The number of rotatable bonds is 3. The van der Waals surface area contributed by atoms with Crippen LogP contribution >= 0.6 is 0 Å². The average molecular weight is 346 g/mol. The Kier molecular flexibility index (Phi) is 4.69. The second-order valence-electron chi connectivity index (χ2n) is 6.04. The number of piperidine rings is 1. The normalized spacial score (nSPS) is 15.2. The molecule has 7 nitrogen and oxygen atoms in total. The van der Waals surface area contributed by atoms with Crippen LogP contribution in [0.3, 0.4) is 0 Å². The van der Waals surface area contributed by atoms with Gasteiger partial charge in [-0.2, -0.15) is 5.10 Å². The van der Waals surface area contributed by atoms with Crippen LogP contribution in [0.2, 0.25) is 0 Å². The van der Waals surface area contributed by atoms with Crippen LogP contribution in [0, 0.1) is 18.7 Å². The van der Waals surface area contributed by atoms with Crippen LogP contribution < -0.4 is 5.32 Å². The van der Waals surface area contributed by atoms with Gasteiger partial charge in [-0.05, 0) is 31.9 Å². The van der Waals surface area contributed by atoms with E-state index in [2.05, 4.69) is 10.4 Å². The molecule has 25 heavy (non-hydrogen) atoms. The zero-order valence-electron chi connectivity index (χ0n) is 13.8. The highest BCUT2D eigenvalue weighted by atomic mass is 19.1.